The smallest absolute Gasteiger partial charge is 0.252 e. The molecule has 0 spiro atoms. The molecule has 2 rings (SSSR count). The minimum Gasteiger partial charge on any atom is -0.493 e. The Hall–Kier alpha value is -1.95. The Morgan fingerprint density at radius 3 is 3.27 bits per heavy atom. The summed E-state index contributed by atoms with van der Waals surface area (Å²) in [5, 5.41) is 2.62. The minimum absolute atomic E-state index is 0.136. The lowest BCUT2D eigenvalue weighted by atomic mass is 10.1. The first-order valence-corrected chi connectivity index (χ1v) is 4.78. The van der Waals surface area contributed by atoms with Crippen LogP contribution in [0.1, 0.15) is 15.9 Å². The first-order chi connectivity index (χ1) is 7.31. The molecule has 0 radical (unpaired) electrons. The van der Waals surface area contributed by atoms with Crippen molar-refractivity contribution in [1.29, 1.82) is 0 Å². The predicted octanol–water partition coefficient (Wildman–Crippen LogP) is 0.985. The van der Waals surface area contributed by atoms with Crippen molar-refractivity contribution in [3.05, 3.63) is 29.3 Å². The molecule has 0 atom stereocenters. The molecule has 0 unspecified atom stereocenters. The summed E-state index contributed by atoms with van der Waals surface area (Å²) in [6.45, 7) is 0.956. The van der Waals surface area contributed by atoms with Crippen LogP contribution in [0.4, 0.5) is 0 Å². The number of fused-ring (bicyclic) bond motifs is 1. The predicted molar refractivity (Wildman–Crippen MR) is 56.8 cm³/mol. The molecule has 1 aliphatic rings. The van der Waals surface area contributed by atoms with Crippen molar-refractivity contribution in [1.82, 2.24) is 5.32 Å². The van der Waals surface area contributed by atoms with Crippen molar-refractivity contribution in [3.63, 3.8) is 0 Å². The maximum Gasteiger partial charge on any atom is 0.252 e. The van der Waals surface area contributed by atoms with Crippen molar-refractivity contribution >= 4 is 5.91 Å². The van der Waals surface area contributed by atoms with E-state index in [4.69, 9.17) is 11.2 Å². The molecule has 3 heteroatoms. The lowest BCUT2D eigenvalue weighted by Crippen LogP contribution is -2.23. The maximum atomic E-state index is 11.6. The van der Waals surface area contributed by atoms with E-state index in [0.717, 1.165) is 17.7 Å². The number of hydrogen-bond donors (Lipinski definition) is 1. The Balaban J connectivity index is 2.16. The maximum absolute atomic E-state index is 11.6. The molecular formula is C12H11NO2. The second kappa shape index (κ2) is 4.05. The van der Waals surface area contributed by atoms with Gasteiger partial charge in [0.25, 0.3) is 5.91 Å². The highest BCUT2D eigenvalue weighted by atomic mass is 16.5. The van der Waals surface area contributed by atoms with E-state index in [1.165, 1.54) is 0 Å². The van der Waals surface area contributed by atoms with E-state index in [2.05, 4.69) is 11.2 Å². The van der Waals surface area contributed by atoms with Gasteiger partial charge < -0.3 is 10.1 Å². The fourth-order valence-electron chi connectivity index (χ4n) is 1.56. The van der Waals surface area contributed by atoms with Gasteiger partial charge in [0.15, 0.2) is 0 Å². The number of ether oxygens (including phenoxy) is 1. The summed E-state index contributed by atoms with van der Waals surface area (Å²) < 4.78 is 5.35. The molecule has 1 aliphatic heterocycles. The molecule has 76 valence electrons. The van der Waals surface area contributed by atoms with E-state index in [1.54, 1.807) is 6.07 Å². The van der Waals surface area contributed by atoms with E-state index >= 15 is 0 Å². The highest BCUT2D eigenvalue weighted by Gasteiger charge is 2.14. The van der Waals surface area contributed by atoms with Gasteiger partial charge in [0.05, 0.1) is 13.2 Å². The van der Waals surface area contributed by atoms with E-state index in [1.807, 2.05) is 12.1 Å². The molecule has 0 saturated carbocycles. The van der Waals surface area contributed by atoms with Crippen LogP contribution >= 0.6 is 0 Å². The van der Waals surface area contributed by atoms with Crippen LogP contribution < -0.4 is 10.1 Å². The summed E-state index contributed by atoms with van der Waals surface area (Å²) in [5.41, 5.74) is 1.72. The van der Waals surface area contributed by atoms with Crippen LogP contribution in [-0.2, 0) is 6.42 Å². The molecule has 3 nitrogen and oxygen atoms in total. The molecule has 0 aromatic heterocycles. The van der Waals surface area contributed by atoms with Crippen molar-refractivity contribution < 1.29 is 9.53 Å². The number of hydrogen-bond acceptors (Lipinski definition) is 2. The number of carbonyl (C=O) groups excluding carboxylic acids is 1. The summed E-state index contributed by atoms with van der Waals surface area (Å²) in [6, 6.07) is 5.43. The van der Waals surface area contributed by atoms with Crippen LogP contribution in [0.2, 0.25) is 0 Å². The van der Waals surface area contributed by atoms with Crippen LogP contribution in [0.15, 0.2) is 18.2 Å². The second-order valence-corrected chi connectivity index (χ2v) is 3.31. The topological polar surface area (TPSA) is 38.3 Å². The van der Waals surface area contributed by atoms with Gasteiger partial charge in [0.1, 0.15) is 5.75 Å². The van der Waals surface area contributed by atoms with E-state index in [9.17, 15) is 4.79 Å². The highest BCUT2D eigenvalue weighted by Crippen LogP contribution is 2.25. The molecule has 1 aromatic carbocycles. The summed E-state index contributed by atoms with van der Waals surface area (Å²) in [6.07, 6.45) is 5.93. The summed E-state index contributed by atoms with van der Waals surface area (Å²) >= 11 is 0. The van der Waals surface area contributed by atoms with Crippen LogP contribution in [0.5, 0.6) is 5.75 Å². The normalized spacial score (nSPS) is 12.5. The van der Waals surface area contributed by atoms with Gasteiger partial charge >= 0.3 is 0 Å². The van der Waals surface area contributed by atoms with Crippen LogP contribution in [0, 0.1) is 12.3 Å². The average molecular weight is 201 g/mol. The molecule has 0 aliphatic carbocycles. The van der Waals surface area contributed by atoms with Gasteiger partial charge in [-0.1, -0.05) is 5.92 Å². The van der Waals surface area contributed by atoms with Gasteiger partial charge in [-0.15, -0.1) is 6.42 Å². The number of carbonyl (C=O) groups is 1. The molecule has 15 heavy (non-hydrogen) atoms. The van der Waals surface area contributed by atoms with Crippen molar-refractivity contribution in [2.75, 3.05) is 13.2 Å². The zero-order valence-corrected chi connectivity index (χ0v) is 8.25. The SMILES string of the molecule is C#CCNC(=O)c1ccc2c(c1)CCO2. The average Bonchev–Trinajstić information content (AvgIpc) is 2.72. The molecular weight excluding hydrogens is 190 g/mol. The number of benzene rings is 1. The monoisotopic (exact) mass is 201 g/mol. The zero-order valence-electron chi connectivity index (χ0n) is 8.25. The first-order valence-electron chi connectivity index (χ1n) is 4.78. The zero-order chi connectivity index (χ0) is 10.7. The van der Waals surface area contributed by atoms with Gasteiger partial charge in [-0.2, -0.15) is 0 Å². The molecule has 0 bridgehead atoms. The van der Waals surface area contributed by atoms with Gasteiger partial charge in [0.2, 0.25) is 0 Å². The summed E-state index contributed by atoms with van der Waals surface area (Å²) in [7, 11) is 0. The standard InChI is InChI=1S/C12H11NO2/c1-2-6-13-12(14)10-3-4-11-9(8-10)5-7-15-11/h1,3-4,8H,5-7H2,(H,13,14). The van der Waals surface area contributed by atoms with Gasteiger partial charge in [-0.05, 0) is 23.8 Å². The molecule has 1 aromatic rings. The van der Waals surface area contributed by atoms with Crippen molar-refractivity contribution in [2.24, 2.45) is 0 Å². The van der Waals surface area contributed by atoms with Crippen LogP contribution in [0.3, 0.4) is 0 Å². The van der Waals surface area contributed by atoms with E-state index in [-0.39, 0.29) is 12.5 Å². The molecule has 0 saturated heterocycles. The van der Waals surface area contributed by atoms with Gasteiger partial charge in [-0.25, -0.2) is 0 Å². The number of terminal acetylenes is 1. The lowest BCUT2D eigenvalue weighted by molar-refractivity contribution is 0.0958. The fraction of sp³-hybridized carbons (Fsp3) is 0.250. The fourth-order valence-corrected chi connectivity index (χ4v) is 1.56. The molecule has 1 amide bonds. The van der Waals surface area contributed by atoms with Crippen molar-refractivity contribution in [2.45, 2.75) is 6.42 Å². The Kier molecular flexibility index (Phi) is 2.59. The first kappa shape index (κ1) is 9.60. The van der Waals surface area contributed by atoms with E-state index in [0.29, 0.717) is 12.2 Å². The number of nitrogens with one attached hydrogen (secondary N) is 1. The Labute approximate surface area is 88.4 Å². The van der Waals surface area contributed by atoms with Gasteiger partial charge in [0, 0.05) is 12.0 Å². The van der Waals surface area contributed by atoms with Crippen LogP contribution in [-0.4, -0.2) is 19.1 Å². The highest BCUT2D eigenvalue weighted by molar-refractivity contribution is 5.94. The lowest BCUT2D eigenvalue weighted by Gasteiger charge is -2.03. The quantitative estimate of drug-likeness (QED) is 0.724. The van der Waals surface area contributed by atoms with E-state index < -0.39 is 0 Å². The minimum atomic E-state index is -0.136. The molecule has 1 N–H and O–H groups in total. The van der Waals surface area contributed by atoms with Crippen molar-refractivity contribution in [3.8, 4) is 18.1 Å². The second-order valence-electron chi connectivity index (χ2n) is 3.31. The number of rotatable bonds is 2. The summed E-state index contributed by atoms with van der Waals surface area (Å²) in [4.78, 5) is 11.6. The largest absolute Gasteiger partial charge is 0.493 e. The Bertz CT molecular complexity index is 432. The third-order valence-electron chi connectivity index (χ3n) is 2.30. The van der Waals surface area contributed by atoms with Crippen LogP contribution in [0.25, 0.3) is 0 Å². The summed E-state index contributed by atoms with van der Waals surface area (Å²) in [5.74, 6) is 3.11. The Morgan fingerprint density at radius 1 is 1.60 bits per heavy atom. The molecule has 1 heterocycles. The third-order valence-corrected chi connectivity index (χ3v) is 2.30. The number of amides is 1. The third kappa shape index (κ3) is 1.94. The molecule has 0 fully saturated rings. The van der Waals surface area contributed by atoms with Gasteiger partial charge in [-0.3, -0.25) is 4.79 Å². The Morgan fingerprint density at radius 2 is 2.47 bits per heavy atom.